The first-order valence-corrected chi connectivity index (χ1v) is 10.1. The van der Waals surface area contributed by atoms with Crippen molar-refractivity contribution in [2.45, 2.75) is 6.61 Å². The third kappa shape index (κ3) is 3.94. The maximum Gasteiger partial charge on any atom is 0.231 e. The van der Waals surface area contributed by atoms with Crippen molar-refractivity contribution in [1.82, 2.24) is 0 Å². The first-order chi connectivity index (χ1) is 11.7. The largest absolute Gasteiger partial charge is 0.488 e. The Morgan fingerprint density at radius 3 is 2.62 bits per heavy atom. The van der Waals surface area contributed by atoms with E-state index in [4.69, 9.17) is 14.2 Å². The molecule has 0 bridgehead atoms. The molecule has 1 unspecified atom stereocenters. The van der Waals surface area contributed by atoms with Gasteiger partial charge in [0.05, 0.1) is 15.0 Å². The van der Waals surface area contributed by atoms with Gasteiger partial charge in [0.15, 0.2) is 11.5 Å². The van der Waals surface area contributed by atoms with Gasteiger partial charge in [-0.3, -0.25) is 4.21 Å². The van der Waals surface area contributed by atoms with E-state index in [2.05, 4.69) is 0 Å². The molecule has 2 aromatic rings. The van der Waals surface area contributed by atoms with Crippen LogP contribution in [0.4, 0.5) is 0 Å². The SMILES string of the molecule is CS/C(=C\c1cc2c(cc1OCc1ccccc1)OCO2)S(C)=O. The van der Waals surface area contributed by atoms with Crippen LogP contribution in [0.1, 0.15) is 11.1 Å². The average Bonchev–Trinajstić information content (AvgIpc) is 3.05. The van der Waals surface area contributed by atoms with Crippen LogP contribution in [0.5, 0.6) is 17.2 Å². The highest BCUT2D eigenvalue weighted by atomic mass is 32.2. The maximum atomic E-state index is 11.8. The third-order valence-electron chi connectivity index (χ3n) is 3.50. The van der Waals surface area contributed by atoms with Crippen molar-refractivity contribution in [3.63, 3.8) is 0 Å². The van der Waals surface area contributed by atoms with E-state index in [1.165, 1.54) is 11.8 Å². The zero-order valence-electron chi connectivity index (χ0n) is 13.5. The summed E-state index contributed by atoms with van der Waals surface area (Å²) in [5.74, 6) is 2.02. The molecule has 4 nitrogen and oxygen atoms in total. The number of ether oxygens (including phenoxy) is 3. The molecule has 0 aliphatic carbocycles. The summed E-state index contributed by atoms with van der Waals surface area (Å²) in [6, 6.07) is 13.6. The van der Waals surface area contributed by atoms with Crippen molar-refractivity contribution < 1.29 is 18.4 Å². The lowest BCUT2D eigenvalue weighted by Gasteiger charge is -2.11. The molecule has 0 amide bonds. The van der Waals surface area contributed by atoms with Crippen LogP contribution in [0, 0.1) is 0 Å². The van der Waals surface area contributed by atoms with Crippen molar-refractivity contribution in [2.24, 2.45) is 0 Å². The highest BCUT2D eigenvalue weighted by Gasteiger charge is 2.18. The Bertz CT molecular complexity index is 772. The van der Waals surface area contributed by atoms with E-state index in [0.29, 0.717) is 23.9 Å². The van der Waals surface area contributed by atoms with Gasteiger partial charge in [0, 0.05) is 17.9 Å². The monoisotopic (exact) mass is 362 g/mol. The minimum atomic E-state index is -1.05. The molecule has 0 fully saturated rings. The molecule has 1 aliphatic rings. The van der Waals surface area contributed by atoms with E-state index in [1.807, 2.05) is 54.8 Å². The van der Waals surface area contributed by atoms with Gasteiger partial charge in [-0.2, -0.15) is 0 Å². The first kappa shape index (κ1) is 16.9. The molecule has 0 radical (unpaired) electrons. The molecule has 1 heterocycles. The highest BCUT2D eigenvalue weighted by molar-refractivity contribution is 8.16. The molecule has 0 spiro atoms. The number of fused-ring (bicyclic) bond motifs is 1. The quantitative estimate of drug-likeness (QED) is 0.776. The first-order valence-electron chi connectivity index (χ1n) is 7.37. The van der Waals surface area contributed by atoms with Crippen molar-refractivity contribution in [3.8, 4) is 17.2 Å². The Kier molecular flexibility index (Phi) is 5.48. The van der Waals surface area contributed by atoms with Gasteiger partial charge in [-0.1, -0.05) is 30.3 Å². The summed E-state index contributed by atoms with van der Waals surface area (Å²) in [5, 5.41) is 0. The van der Waals surface area contributed by atoms with Crippen molar-refractivity contribution >= 4 is 28.6 Å². The van der Waals surface area contributed by atoms with Crippen LogP contribution in [0.25, 0.3) is 6.08 Å². The van der Waals surface area contributed by atoms with E-state index in [0.717, 1.165) is 15.4 Å². The van der Waals surface area contributed by atoms with Crippen LogP contribution in [-0.4, -0.2) is 23.5 Å². The van der Waals surface area contributed by atoms with Gasteiger partial charge in [-0.15, -0.1) is 11.8 Å². The van der Waals surface area contributed by atoms with Crippen molar-refractivity contribution in [2.75, 3.05) is 19.3 Å². The van der Waals surface area contributed by atoms with Gasteiger partial charge in [0.25, 0.3) is 0 Å². The molecule has 6 heteroatoms. The van der Waals surface area contributed by atoms with Gasteiger partial charge in [0.1, 0.15) is 12.4 Å². The van der Waals surface area contributed by atoms with Gasteiger partial charge in [0.2, 0.25) is 6.79 Å². The molecule has 0 N–H and O–H groups in total. The zero-order chi connectivity index (χ0) is 16.9. The molecule has 1 atom stereocenters. The van der Waals surface area contributed by atoms with Gasteiger partial charge >= 0.3 is 0 Å². The van der Waals surface area contributed by atoms with E-state index < -0.39 is 10.8 Å². The smallest absolute Gasteiger partial charge is 0.231 e. The third-order valence-corrected chi connectivity index (χ3v) is 5.91. The molecule has 0 saturated heterocycles. The lowest BCUT2D eigenvalue weighted by Crippen LogP contribution is -1.97. The Morgan fingerprint density at radius 1 is 1.25 bits per heavy atom. The molecule has 1 aliphatic heterocycles. The summed E-state index contributed by atoms with van der Waals surface area (Å²) in [4.78, 5) is 0. The fourth-order valence-corrected chi connectivity index (χ4v) is 3.77. The molecule has 0 aromatic heterocycles. The number of thioether (sulfide) groups is 1. The van der Waals surface area contributed by atoms with Crippen LogP contribution in [0.2, 0.25) is 0 Å². The Hall–Kier alpha value is -1.92. The molecule has 3 rings (SSSR count). The zero-order valence-corrected chi connectivity index (χ0v) is 15.1. The summed E-state index contributed by atoms with van der Waals surface area (Å²) >= 11 is 1.46. The molecule has 126 valence electrons. The van der Waals surface area contributed by atoms with E-state index in [9.17, 15) is 4.21 Å². The Balaban J connectivity index is 1.92. The average molecular weight is 362 g/mol. The van der Waals surface area contributed by atoms with E-state index in [-0.39, 0.29) is 6.79 Å². The van der Waals surface area contributed by atoms with Crippen LogP contribution in [-0.2, 0) is 17.4 Å². The second kappa shape index (κ2) is 7.77. The molecule has 24 heavy (non-hydrogen) atoms. The van der Waals surface area contributed by atoms with Crippen LogP contribution in [0.15, 0.2) is 46.7 Å². The fourth-order valence-electron chi connectivity index (χ4n) is 2.30. The van der Waals surface area contributed by atoms with Crippen LogP contribution < -0.4 is 14.2 Å². The molecular weight excluding hydrogens is 344 g/mol. The summed E-state index contributed by atoms with van der Waals surface area (Å²) < 4.78 is 29.5. The predicted molar refractivity (Wildman–Crippen MR) is 98.9 cm³/mol. The number of hydrogen-bond donors (Lipinski definition) is 0. The second-order valence-corrected chi connectivity index (χ2v) is 7.59. The Morgan fingerprint density at radius 2 is 1.96 bits per heavy atom. The molecule has 2 aromatic carbocycles. The minimum Gasteiger partial charge on any atom is -0.488 e. The van der Waals surface area contributed by atoms with Gasteiger partial charge < -0.3 is 14.2 Å². The second-order valence-electron chi connectivity index (χ2n) is 5.14. The fraction of sp³-hybridized carbons (Fsp3) is 0.222. The van der Waals surface area contributed by atoms with Gasteiger partial charge in [-0.25, -0.2) is 0 Å². The Labute approximate surface area is 148 Å². The predicted octanol–water partition coefficient (Wildman–Crippen LogP) is 4.03. The standard InChI is InChI=1S/C18H18O4S2/c1-23-18(24(2)19)9-14-8-16-17(22-12-21-16)10-15(14)20-11-13-6-4-3-5-7-13/h3-10H,11-12H2,1-2H3/b18-9+. The lowest BCUT2D eigenvalue weighted by atomic mass is 10.1. The topological polar surface area (TPSA) is 44.8 Å². The minimum absolute atomic E-state index is 0.204. The molecule has 0 saturated carbocycles. The number of hydrogen-bond acceptors (Lipinski definition) is 5. The molecular formula is C18H18O4S2. The number of benzene rings is 2. The van der Waals surface area contributed by atoms with Crippen molar-refractivity contribution in [1.29, 1.82) is 0 Å². The highest BCUT2D eigenvalue weighted by Crippen LogP contribution is 2.40. The van der Waals surface area contributed by atoms with Gasteiger partial charge in [-0.05, 0) is 24.0 Å². The van der Waals surface area contributed by atoms with Crippen LogP contribution >= 0.6 is 11.8 Å². The summed E-state index contributed by atoms with van der Waals surface area (Å²) in [6.45, 7) is 0.654. The summed E-state index contributed by atoms with van der Waals surface area (Å²) in [5.41, 5.74) is 1.91. The van der Waals surface area contributed by atoms with Crippen LogP contribution in [0.3, 0.4) is 0 Å². The van der Waals surface area contributed by atoms with Crippen molar-refractivity contribution in [3.05, 3.63) is 57.8 Å². The maximum absolute atomic E-state index is 11.8. The summed E-state index contributed by atoms with van der Waals surface area (Å²) in [6.07, 6.45) is 5.45. The van der Waals surface area contributed by atoms with E-state index >= 15 is 0 Å². The normalized spacial score (nSPS) is 14.5. The summed E-state index contributed by atoms with van der Waals surface area (Å²) in [7, 11) is -1.05. The lowest BCUT2D eigenvalue weighted by molar-refractivity contribution is 0.173. The van der Waals surface area contributed by atoms with E-state index in [1.54, 1.807) is 6.26 Å². The number of rotatable bonds is 6.